The Balaban J connectivity index is 1.45. The molecule has 0 atom stereocenters. The fourth-order valence-electron chi connectivity index (χ4n) is 3.39. The molecule has 0 unspecified atom stereocenters. The lowest BCUT2D eigenvalue weighted by molar-refractivity contribution is -0.119. The van der Waals surface area contributed by atoms with Crippen LogP contribution in [-0.2, 0) is 21.2 Å². The number of benzene rings is 2. The molecule has 9 heteroatoms. The summed E-state index contributed by atoms with van der Waals surface area (Å²) in [5.74, 6) is -0.203. The minimum absolute atomic E-state index is 0.0152. The molecule has 0 radical (unpaired) electrons. The molecule has 0 bridgehead atoms. The number of halogens is 2. The summed E-state index contributed by atoms with van der Waals surface area (Å²) >= 11 is 0. The van der Waals surface area contributed by atoms with E-state index in [2.05, 4.69) is 15.4 Å². The van der Waals surface area contributed by atoms with Gasteiger partial charge in [0.05, 0.1) is 16.7 Å². The molecule has 0 spiro atoms. The first-order valence-electron chi connectivity index (χ1n) is 9.73. The van der Waals surface area contributed by atoms with Gasteiger partial charge in [0.15, 0.2) is 9.84 Å². The van der Waals surface area contributed by atoms with Gasteiger partial charge in [0, 0.05) is 12.2 Å². The maximum Gasteiger partial charge on any atom is 0.387 e. The Morgan fingerprint density at radius 1 is 1.03 bits per heavy atom. The summed E-state index contributed by atoms with van der Waals surface area (Å²) in [5, 5.41) is 5.37. The number of anilines is 1. The maximum absolute atomic E-state index is 12.6. The predicted molar refractivity (Wildman–Crippen MR) is 109 cm³/mol. The van der Waals surface area contributed by atoms with Gasteiger partial charge in [-0.3, -0.25) is 4.79 Å². The van der Waals surface area contributed by atoms with Crippen LogP contribution in [0.2, 0.25) is 0 Å². The molecule has 0 aliphatic heterocycles. The van der Waals surface area contributed by atoms with Gasteiger partial charge in [0.1, 0.15) is 5.75 Å². The third-order valence-electron chi connectivity index (χ3n) is 5.02. The van der Waals surface area contributed by atoms with Gasteiger partial charge in [-0.2, -0.15) is 8.78 Å². The van der Waals surface area contributed by atoms with Crippen LogP contribution in [0, 0.1) is 0 Å². The van der Waals surface area contributed by atoms with Gasteiger partial charge in [-0.25, -0.2) is 8.42 Å². The molecule has 2 aromatic rings. The first-order chi connectivity index (χ1) is 14.3. The van der Waals surface area contributed by atoms with Crippen molar-refractivity contribution in [2.24, 2.45) is 0 Å². The van der Waals surface area contributed by atoms with E-state index in [1.165, 1.54) is 12.1 Å². The third kappa shape index (κ3) is 5.91. The zero-order chi connectivity index (χ0) is 21.6. The zero-order valence-electron chi connectivity index (χ0n) is 16.3. The SMILES string of the molecule is O=C(CNc1ccc(S(=O)(=O)C2CCCC2)cc1)NCc1ccc(OC(F)F)cc1. The molecular formula is C21H24F2N2O4S. The lowest BCUT2D eigenvalue weighted by atomic mass is 10.2. The van der Waals surface area contributed by atoms with Crippen LogP contribution in [0.3, 0.4) is 0 Å². The number of alkyl halides is 2. The molecule has 0 saturated heterocycles. The molecule has 1 fully saturated rings. The molecule has 1 saturated carbocycles. The Morgan fingerprint density at radius 3 is 2.27 bits per heavy atom. The molecule has 0 heterocycles. The Labute approximate surface area is 174 Å². The average Bonchev–Trinajstić information content (AvgIpc) is 3.27. The van der Waals surface area contributed by atoms with Crippen LogP contribution in [0.4, 0.5) is 14.5 Å². The highest BCUT2D eigenvalue weighted by Gasteiger charge is 2.30. The van der Waals surface area contributed by atoms with Crippen LogP contribution < -0.4 is 15.4 Å². The Morgan fingerprint density at radius 2 is 1.67 bits per heavy atom. The van der Waals surface area contributed by atoms with Gasteiger partial charge in [0.2, 0.25) is 5.91 Å². The van der Waals surface area contributed by atoms with Crippen molar-refractivity contribution in [1.29, 1.82) is 0 Å². The van der Waals surface area contributed by atoms with Gasteiger partial charge >= 0.3 is 6.61 Å². The molecule has 6 nitrogen and oxygen atoms in total. The fraction of sp³-hybridized carbons (Fsp3) is 0.381. The topological polar surface area (TPSA) is 84.5 Å². The molecule has 30 heavy (non-hydrogen) atoms. The number of hydrogen-bond donors (Lipinski definition) is 2. The van der Waals surface area contributed by atoms with E-state index in [9.17, 15) is 22.0 Å². The van der Waals surface area contributed by atoms with Gasteiger partial charge in [-0.1, -0.05) is 25.0 Å². The van der Waals surface area contributed by atoms with Crippen molar-refractivity contribution in [3.05, 3.63) is 54.1 Å². The molecular weight excluding hydrogens is 414 g/mol. The first-order valence-corrected chi connectivity index (χ1v) is 11.3. The van der Waals surface area contributed by atoms with Crippen LogP contribution in [0.1, 0.15) is 31.2 Å². The van der Waals surface area contributed by atoms with Crippen LogP contribution >= 0.6 is 0 Å². The Kier molecular flexibility index (Phi) is 7.25. The molecule has 2 N–H and O–H groups in total. The number of amides is 1. The third-order valence-corrected chi connectivity index (χ3v) is 7.29. The maximum atomic E-state index is 12.6. The largest absolute Gasteiger partial charge is 0.435 e. The summed E-state index contributed by atoms with van der Waals surface area (Å²) in [5.41, 5.74) is 1.38. The molecule has 162 valence electrons. The van der Waals surface area contributed by atoms with Gasteiger partial charge in [0.25, 0.3) is 0 Å². The fourth-order valence-corrected chi connectivity index (χ4v) is 5.24. The van der Waals surface area contributed by atoms with Gasteiger partial charge in [-0.15, -0.1) is 0 Å². The standard InChI is InChI=1S/C21H24F2N2O4S/c22-21(23)29-17-9-5-15(6-10-17)13-25-20(26)14-24-16-7-11-19(12-8-16)30(27,28)18-3-1-2-4-18/h5-12,18,21,24H,1-4,13-14H2,(H,25,26). The van der Waals surface area contributed by atoms with Crippen LogP contribution in [0.25, 0.3) is 0 Å². The van der Waals surface area contributed by atoms with E-state index in [0.29, 0.717) is 23.4 Å². The molecule has 1 aliphatic rings. The summed E-state index contributed by atoms with van der Waals surface area (Å²) in [6, 6.07) is 12.4. The second-order valence-electron chi connectivity index (χ2n) is 7.13. The highest BCUT2D eigenvalue weighted by Crippen LogP contribution is 2.30. The average molecular weight is 438 g/mol. The highest BCUT2D eigenvalue weighted by molar-refractivity contribution is 7.92. The number of carbonyl (C=O) groups is 1. The second-order valence-corrected chi connectivity index (χ2v) is 9.36. The number of rotatable bonds is 9. The van der Waals surface area contributed by atoms with E-state index in [-0.39, 0.29) is 30.0 Å². The van der Waals surface area contributed by atoms with Crippen molar-refractivity contribution in [2.45, 2.75) is 49.0 Å². The van der Waals surface area contributed by atoms with E-state index in [4.69, 9.17) is 0 Å². The van der Waals surface area contributed by atoms with Crippen molar-refractivity contribution in [1.82, 2.24) is 5.32 Å². The first kappa shape index (κ1) is 22.0. The smallest absolute Gasteiger partial charge is 0.387 e. The summed E-state index contributed by atoms with van der Waals surface area (Å²) in [6.07, 6.45) is 3.33. The number of carbonyl (C=O) groups excluding carboxylic acids is 1. The predicted octanol–water partition coefficient (Wildman–Crippen LogP) is 3.73. The minimum atomic E-state index is -3.29. The summed E-state index contributed by atoms with van der Waals surface area (Å²) < 4.78 is 53.7. The number of ether oxygens (including phenoxy) is 1. The molecule has 3 rings (SSSR count). The van der Waals surface area contributed by atoms with E-state index in [0.717, 1.165) is 18.4 Å². The zero-order valence-corrected chi connectivity index (χ0v) is 17.1. The Hall–Kier alpha value is -2.68. The second kappa shape index (κ2) is 9.88. The lowest BCUT2D eigenvalue weighted by Gasteiger charge is -2.12. The van der Waals surface area contributed by atoms with E-state index < -0.39 is 16.4 Å². The van der Waals surface area contributed by atoms with Gasteiger partial charge < -0.3 is 15.4 Å². The molecule has 2 aromatic carbocycles. The van der Waals surface area contributed by atoms with Crippen LogP contribution in [-0.4, -0.2) is 32.7 Å². The van der Waals surface area contributed by atoms with E-state index >= 15 is 0 Å². The number of sulfone groups is 1. The van der Waals surface area contributed by atoms with Crippen molar-refractivity contribution >= 4 is 21.4 Å². The summed E-state index contributed by atoms with van der Waals surface area (Å²) in [7, 11) is -3.29. The van der Waals surface area contributed by atoms with Crippen molar-refractivity contribution < 1.29 is 26.7 Å². The molecule has 0 aromatic heterocycles. The minimum Gasteiger partial charge on any atom is -0.435 e. The number of nitrogens with one attached hydrogen (secondary N) is 2. The van der Waals surface area contributed by atoms with Crippen LogP contribution in [0.5, 0.6) is 5.75 Å². The van der Waals surface area contributed by atoms with Crippen molar-refractivity contribution in [2.75, 3.05) is 11.9 Å². The monoisotopic (exact) mass is 438 g/mol. The normalized spacial score (nSPS) is 14.6. The summed E-state index contributed by atoms with van der Waals surface area (Å²) in [6.45, 7) is -2.62. The summed E-state index contributed by atoms with van der Waals surface area (Å²) in [4.78, 5) is 12.3. The van der Waals surface area contributed by atoms with Crippen molar-refractivity contribution in [3.8, 4) is 5.75 Å². The van der Waals surface area contributed by atoms with E-state index in [1.54, 1.807) is 36.4 Å². The van der Waals surface area contributed by atoms with Gasteiger partial charge in [-0.05, 0) is 54.8 Å². The Bertz CT molecular complexity index is 942. The lowest BCUT2D eigenvalue weighted by Crippen LogP contribution is -2.29. The molecule has 1 aliphatic carbocycles. The quantitative estimate of drug-likeness (QED) is 0.623. The van der Waals surface area contributed by atoms with E-state index in [1.807, 2.05) is 0 Å². The number of hydrogen-bond acceptors (Lipinski definition) is 5. The highest BCUT2D eigenvalue weighted by atomic mass is 32.2. The molecule has 1 amide bonds. The van der Waals surface area contributed by atoms with Crippen LogP contribution in [0.15, 0.2) is 53.4 Å². The van der Waals surface area contributed by atoms with Crippen molar-refractivity contribution in [3.63, 3.8) is 0 Å².